The number of nitrogens with zero attached hydrogens (tertiary/aromatic N) is 1. The molecule has 2 N–H and O–H groups in total. The summed E-state index contributed by atoms with van der Waals surface area (Å²) in [6.07, 6.45) is 2.02. The second kappa shape index (κ2) is 4.04. The van der Waals surface area contributed by atoms with Gasteiger partial charge in [-0.2, -0.15) is 5.26 Å². The summed E-state index contributed by atoms with van der Waals surface area (Å²) >= 11 is 0. The molecule has 0 radical (unpaired) electrons. The molecule has 0 amide bonds. The summed E-state index contributed by atoms with van der Waals surface area (Å²) in [4.78, 5) is 9.49. The van der Waals surface area contributed by atoms with Crippen LogP contribution in [0.4, 0.5) is 0 Å². The van der Waals surface area contributed by atoms with Crippen LogP contribution in [0.1, 0.15) is 19.3 Å². The molecule has 2 atom stereocenters. The Morgan fingerprint density at radius 3 is 3.00 bits per heavy atom. The van der Waals surface area contributed by atoms with Crippen LogP contribution < -0.4 is 5.32 Å². The minimum atomic E-state index is -3.09. The Balaban J connectivity index is 2.47. The van der Waals surface area contributed by atoms with Gasteiger partial charge in [0.1, 0.15) is 0 Å². The third-order valence-electron chi connectivity index (χ3n) is 2.07. The van der Waals surface area contributed by atoms with Gasteiger partial charge < -0.3 is 10.2 Å². The van der Waals surface area contributed by atoms with E-state index >= 15 is 0 Å². The van der Waals surface area contributed by atoms with Crippen molar-refractivity contribution in [1.29, 1.82) is 5.26 Å². The standard InChI is InChI=1S/C7H13N2O2P/c8-4-2-6-12(10,11)7-3-1-5-9-7/h7,9H,1-3,5-6H2,(H,10,11). The van der Waals surface area contributed by atoms with Gasteiger partial charge in [0.2, 0.25) is 7.37 Å². The molecule has 68 valence electrons. The summed E-state index contributed by atoms with van der Waals surface area (Å²) in [5, 5.41) is 11.3. The number of nitriles is 1. The van der Waals surface area contributed by atoms with E-state index in [0.717, 1.165) is 19.4 Å². The summed E-state index contributed by atoms with van der Waals surface area (Å²) in [7, 11) is -3.09. The van der Waals surface area contributed by atoms with Gasteiger partial charge in [-0.15, -0.1) is 0 Å². The van der Waals surface area contributed by atoms with E-state index in [1.165, 1.54) is 0 Å². The lowest BCUT2D eigenvalue weighted by Crippen LogP contribution is -2.22. The first kappa shape index (κ1) is 9.73. The molecule has 4 nitrogen and oxygen atoms in total. The van der Waals surface area contributed by atoms with Crippen LogP contribution in [0.5, 0.6) is 0 Å². The average Bonchev–Trinajstić information content (AvgIpc) is 2.53. The van der Waals surface area contributed by atoms with Crippen LogP contribution in [0.2, 0.25) is 0 Å². The molecule has 0 spiro atoms. The van der Waals surface area contributed by atoms with E-state index in [0.29, 0.717) is 0 Å². The third-order valence-corrected chi connectivity index (χ3v) is 4.34. The average molecular weight is 188 g/mol. The predicted molar refractivity (Wildman–Crippen MR) is 45.9 cm³/mol. The van der Waals surface area contributed by atoms with Crippen LogP contribution in [-0.2, 0) is 4.57 Å². The molecule has 5 heteroatoms. The van der Waals surface area contributed by atoms with E-state index in [1.54, 1.807) is 0 Å². The largest absolute Gasteiger partial charge is 0.343 e. The molecule has 2 unspecified atom stereocenters. The van der Waals surface area contributed by atoms with Gasteiger partial charge in [0.15, 0.2) is 0 Å². The highest BCUT2D eigenvalue weighted by molar-refractivity contribution is 7.58. The number of rotatable bonds is 3. The lowest BCUT2D eigenvalue weighted by Gasteiger charge is -2.16. The highest BCUT2D eigenvalue weighted by Gasteiger charge is 2.32. The van der Waals surface area contributed by atoms with Crippen molar-refractivity contribution in [2.24, 2.45) is 0 Å². The lowest BCUT2D eigenvalue weighted by atomic mass is 10.4. The molecule has 0 aromatic heterocycles. The second-order valence-corrected chi connectivity index (χ2v) is 5.58. The fourth-order valence-corrected chi connectivity index (χ4v) is 3.11. The molecule has 0 saturated carbocycles. The van der Waals surface area contributed by atoms with Gasteiger partial charge in [-0.05, 0) is 19.4 Å². The van der Waals surface area contributed by atoms with Gasteiger partial charge in [-0.25, -0.2) is 0 Å². The van der Waals surface area contributed by atoms with E-state index < -0.39 is 7.37 Å². The molecule has 0 aromatic carbocycles. The van der Waals surface area contributed by atoms with Crippen molar-refractivity contribution >= 4 is 7.37 Å². The highest BCUT2D eigenvalue weighted by Crippen LogP contribution is 2.48. The van der Waals surface area contributed by atoms with E-state index in [4.69, 9.17) is 5.26 Å². The molecular formula is C7H13N2O2P. The van der Waals surface area contributed by atoms with Crippen molar-refractivity contribution in [3.05, 3.63) is 0 Å². The minimum Gasteiger partial charge on any atom is -0.343 e. The SMILES string of the molecule is N#CCCP(=O)(O)C1CCCN1. The quantitative estimate of drug-likeness (QED) is 0.645. The maximum absolute atomic E-state index is 11.5. The zero-order valence-electron chi connectivity index (χ0n) is 6.86. The number of nitrogens with one attached hydrogen (secondary N) is 1. The van der Waals surface area contributed by atoms with Crippen LogP contribution in [-0.4, -0.2) is 23.4 Å². The Hall–Kier alpha value is -0.360. The molecule has 0 bridgehead atoms. The van der Waals surface area contributed by atoms with Crippen LogP contribution in [0.15, 0.2) is 0 Å². The van der Waals surface area contributed by atoms with Crippen molar-refractivity contribution in [2.45, 2.75) is 25.0 Å². The Morgan fingerprint density at radius 2 is 2.50 bits per heavy atom. The summed E-state index contributed by atoms with van der Waals surface area (Å²) in [5.74, 6) is -0.258. The lowest BCUT2D eigenvalue weighted by molar-refractivity contribution is 0.456. The van der Waals surface area contributed by atoms with Gasteiger partial charge in [0.05, 0.1) is 11.9 Å². The van der Waals surface area contributed by atoms with E-state index in [2.05, 4.69) is 5.32 Å². The van der Waals surface area contributed by atoms with Crippen LogP contribution in [0.25, 0.3) is 0 Å². The molecule has 1 aliphatic heterocycles. The predicted octanol–water partition coefficient (Wildman–Crippen LogP) is 0.880. The zero-order valence-corrected chi connectivity index (χ0v) is 7.76. The molecular weight excluding hydrogens is 175 g/mol. The molecule has 12 heavy (non-hydrogen) atoms. The molecule has 1 heterocycles. The summed E-state index contributed by atoms with van der Waals surface area (Å²) in [5.41, 5.74) is 0. The second-order valence-electron chi connectivity index (χ2n) is 3.00. The Bertz CT molecular complexity index is 230. The van der Waals surface area contributed by atoms with E-state index in [-0.39, 0.29) is 18.4 Å². The minimum absolute atomic E-state index is 0.126. The summed E-state index contributed by atoms with van der Waals surface area (Å²) < 4.78 is 11.5. The summed E-state index contributed by atoms with van der Waals surface area (Å²) in [6, 6.07) is 1.89. The molecule has 0 aromatic rings. The molecule has 1 fully saturated rings. The summed E-state index contributed by atoms with van der Waals surface area (Å²) in [6.45, 7) is 0.821. The fraction of sp³-hybridized carbons (Fsp3) is 0.857. The maximum Gasteiger partial charge on any atom is 0.218 e. The van der Waals surface area contributed by atoms with Gasteiger partial charge in [-0.1, -0.05) is 0 Å². The first-order valence-electron chi connectivity index (χ1n) is 4.08. The molecule has 1 rings (SSSR count). The first-order valence-corrected chi connectivity index (χ1v) is 6.00. The Morgan fingerprint density at radius 1 is 1.75 bits per heavy atom. The van der Waals surface area contributed by atoms with Crippen LogP contribution in [0, 0.1) is 11.3 Å². The monoisotopic (exact) mass is 188 g/mol. The molecule has 1 saturated heterocycles. The van der Waals surface area contributed by atoms with Gasteiger partial charge in [0, 0.05) is 12.6 Å². The molecule has 0 aliphatic carbocycles. The first-order chi connectivity index (χ1) is 5.67. The number of hydrogen-bond acceptors (Lipinski definition) is 3. The fourth-order valence-electron chi connectivity index (χ4n) is 1.38. The van der Waals surface area contributed by atoms with Crippen molar-refractivity contribution < 1.29 is 9.46 Å². The number of hydrogen-bond donors (Lipinski definition) is 2. The topological polar surface area (TPSA) is 73.1 Å². The Kier molecular flexibility index (Phi) is 3.28. The maximum atomic E-state index is 11.5. The van der Waals surface area contributed by atoms with Crippen LogP contribution in [0.3, 0.4) is 0 Å². The van der Waals surface area contributed by atoms with Crippen LogP contribution >= 0.6 is 7.37 Å². The van der Waals surface area contributed by atoms with Crippen molar-refractivity contribution in [3.8, 4) is 6.07 Å². The van der Waals surface area contributed by atoms with E-state index in [9.17, 15) is 9.46 Å². The highest BCUT2D eigenvalue weighted by atomic mass is 31.2. The van der Waals surface area contributed by atoms with Crippen molar-refractivity contribution in [1.82, 2.24) is 5.32 Å². The third kappa shape index (κ3) is 2.31. The van der Waals surface area contributed by atoms with Crippen molar-refractivity contribution in [3.63, 3.8) is 0 Å². The van der Waals surface area contributed by atoms with Gasteiger partial charge >= 0.3 is 0 Å². The van der Waals surface area contributed by atoms with E-state index in [1.807, 2.05) is 6.07 Å². The molecule has 1 aliphatic rings. The Labute approximate surface area is 72.0 Å². The normalized spacial score (nSPS) is 27.8. The van der Waals surface area contributed by atoms with Gasteiger partial charge in [0.25, 0.3) is 0 Å². The zero-order chi connectivity index (χ0) is 9.03. The van der Waals surface area contributed by atoms with Gasteiger partial charge in [-0.3, -0.25) is 4.57 Å². The van der Waals surface area contributed by atoms with Crippen molar-refractivity contribution in [2.75, 3.05) is 12.7 Å². The smallest absolute Gasteiger partial charge is 0.218 e.